The lowest BCUT2D eigenvalue weighted by molar-refractivity contribution is -0.836. The van der Waals surface area contributed by atoms with Crippen molar-refractivity contribution in [2.75, 3.05) is 21.1 Å². The number of hydrogen-bond acceptors (Lipinski definition) is 7. The molecule has 0 unspecified atom stereocenters. The molecule has 1 N–H and O–H groups in total. The zero-order valence-electron chi connectivity index (χ0n) is 10.9. The van der Waals surface area contributed by atoms with Gasteiger partial charge in [0.2, 0.25) is 0 Å². The van der Waals surface area contributed by atoms with Crippen molar-refractivity contribution in [2.45, 2.75) is 0 Å². The molecule has 0 aliphatic carbocycles. The molecule has 0 amide bonds. The minimum absolute atomic E-state index is 0.545. The molecule has 0 saturated carbocycles. The normalized spacial score (nSPS) is 9.60. The van der Waals surface area contributed by atoms with Crippen LogP contribution >= 0.6 is 0 Å². The monoisotopic (exact) mass is 288 g/mol. The second kappa shape index (κ2) is 6.94. The van der Waals surface area contributed by atoms with E-state index in [1.165, 1.54) is 4.90 Å². The van der Waals surface area contributed by atoms with Gasteiger partial charge in [-0.25, -0.2) is 0 Å². The fraction of sp³-hybridized carbons (Fsp3) is 0.333. The molecular formula is C9H12N4O7. The Kier molecular flexibility index (Phi) is 5.96. The molecule has 0 spiro atoms. The summed E-state index contributed by atoms with van der Waals surface area (Å²) in [7, 11) is 6.25. The van der Waals surface area contributed by atoms with Gasteiger partial charge in [0.1, 0.15) is 0 Å². The van der Waals surface area contributed by atoms with E-state index in [9.17, 15) is 35.4 Å². The van der Waals surface area contributed by atoms with Crippen LogP contribution in [0.5, 0.6) is 5.75 Å². The molecule has 0 radical (unpaired) electrons. The first-order valence-corrected chi connectivity index (χ1v) is 5.13. The van der Waals surface area contributed by atoms with Gasteiger partial charge in [-0.1, -0.05) is 6.07 Å². The number of nitrogens with zero attached hydrogens (tertiary/aromatic N) is 3. The topological polar surface area (TPSA) is 157 Å². The lowest BCUT2D eigenvalue weighted by Gasteiger charge is -2.05. The van der Waals surface area contributed by atoms with Gasteiger partial charge >= 0.3 is 17.1 Å². The van der Waals surface area contributed by atoms with Crippen LogP contribution in [0, 0.1) is 30.3 Å². The first-order chi connectivity index (χ1) is 9.09. The summed E-state index contributed by atoms with van der Waals surface area (Å²) in [6.07, 6.45) is 0. The van der Waals surface area contributed by atoms with Crippen LogP contribution in [0.3, 0.4) is 0 Å². The Morgan fingerprint density at radius 3 is 1.55 bits per heavy atom. The predicted octanol–water partition coefficient (Wildman–Crippen LogP) is -0.754. The molecule has 0 heterocycles. The third kappa shape index (κ3) is 4.45. The summed E-state index contributed by atoms with van der Waals surface area (Å²) in [5.41, 5.74) is -3.89. The predicted molar refractivity (Wildman–Crippen MR) is 64.6 cm³/mol. The Bertz CT molecular complexity index is 541. The number of quaternary nitrogens is 1. The average Bonchev–Trinajstić information content (AvgIpc) is 2.26. The van der Waals surface area contributed by atoms with E-state index in [-0.39, 0.29) is 0 Å². The standard InChI is InChI=1S/C6H3N3O7.C3H9N/c10-4-2-1-3(7(11)12)5(8(13)14)6(4)9(15)16;1-4(2)3/h1-2,10H;1-3H3. The quantitative estimate of drug-likeness (QED) is 0.565. The summed E-state index contributed by atoms with van der Waals surface area (Å²) in [4.78, 5) is 28.9. The van der Waals surface area contributed by atoms with E-state index in [4.69, 9.17) is 0 Å². The van der Waals surface area contributed by atoms with Crippen LogP contribution in [0.25, 0.3) is 0 Å². The minimum atomic E-state index is -1.40. The van der Waals surface area contributed by atoms with Crippen LogP contribution in [-0.4, -0.2) is 35.9 Å². The van der Waals surface area contributed by atoms with Crippen LogP contribution in [0.4, 0.5) is 17.1 Å². The molecule has 20 heavy (non-hydrogen) atoms. The molecule has 0 aliphatic heterocycles. The SMILES string of the molecule is C[NH+](C)C.O=[N+]([O-])c1ccc([O-])c([N+](=O)[O-])c1[N+](=O)[O-]. The molecule has 11 nitrogen and oxygen atoms in total. The Balaban J connectivity index is 0.000000796. The molecule has 0 fully saturated rings. The lowest BCUT2D eigenvalue weighted by atomic mass is 10.2. The molecule has 0 saturated heterocycles. The van der Waals surface area contributed by atoms with E-state index in [0.717, 1.165) is 0 Å². The summed E-state index contributed by atoms with van der Waals surface area (Å²) in [5.74, 6) is -1.25. The van der Waals surface area contributed by atoms with Crippen LogP contribution in [-0.2, 0) is 0 Å². The third-order valence-electron chi connectivity index (χ3n) is 1.65. The van der Waals surface area contributed by atoms with Crippen molar-refractivity contribution in [1.82, 2.24) is 0 Å². The summed E-state index contributed by atoms with van der Waals surface area (Å²) in [6, 6.07) is 1.11. The Hall–Kier alpha value is -2.82. The van der Waals surface area contributed by atoms with Crippen molar-refractivity contribution >= 4 is 17.1 Å². The summed E-state index contributed by atoms with van der Waals surface area (Å²) < 4.78 is 0. The first kappa shape index (κ1) is 17.2. The Morgan fingerprint density at radius 1 is 0.850 bits per heavy atom. The highest BCUT2D eigenvalue weighted by atomic mass is 16.6. The number of nitrogens with one attached hydrogen (secondary N) is 1. The van der Waals surface area contributed by atoms with E-state index in [1.54, 1.807) is 0 Å². The molecular weight excluding hydrogens is 276 g/mol. The maximum Gasteiger partial charge on any atom is 0.421 e. The molecule has 0 aliphatic rings. The number of hydrogen-bond donors (Lipinski definition) is 1. The van der Waals surface area contributed by atoms with Crippen LogP contribution in [0.15, 0.2) is 12.1 Å². The summed E-state index contributed by atoms with van der Waals surface area (Å²) in [6.45, 7) is 0. The highest BCUT2D eigenvalue weighted by Gasteiger charge is 2.35. The van der Waals surface area contributed by atoms with Crippen molar-refractivity contribution in [3.63, 3.8) is 0 Å². The highest BCUT2D eigenvalue weighted by molar-refractivity contribution is 5.70. The Morgan fingerprint density at radius 2 is 1.25 bits per heavy atom. The van der Waals surface area contributed by atoms with Crippen LogP contribution in [0.2, 0.25) is 0 Å². The maximum absolute atomic E-state index is 11.0. The lowest BCUT2D eigenvalue weighted by Crippen LogP contribution is -3.02. The van der Waals surface area contributed by atoms with Gasteiger partial charge in [0.15, 0.2) is 0 Å². The van der Waals surface area contributed by atoms with Crippen molar-refractivity contribution < 1.29 is 24.8 Å². The maximum atomic E-state index is 11.0. The highest BCUT2D eigenvalue weighted by Crippen LogP contribution is 2.40. The number of rotatable bonds is 3. The van der Waals surface area contributed by atoms with Gasteiger partial charge in [-0.2, -0.15) is 0 Å². The fourth-order valence-electron chi connectivity index (χ4n) is 1.05. The molecule has 1 aromatic carbocycles. The van der Waals surface area contributed by atoms with Gasteiger partial charge in [0.05, 0.1) is 35.9 Å². The van der Waals surface area contributed by atoms with Crippen molar-refractivity contribution in [1.29, 1.82) is 0 Å². The van der Waals surface area contributed by atoms with Gasteiger partial charge in [-0.15, -0.1) is 0 Å². The fourth-order valence-corrected chi connectivity index (χ4v) is 1.05. The zero-order chi connectivity index (χ0) is 16.0. The molecule has 11 heteroatoms. The molecule has 1 aromatic rings. The molecule has 110 valence electrons. The van der Waals surface area contributed by atoms with E-state index in [0.29, 0.717) is 12.1 Å². The van der Waals surface area contributed by atoms with Crippen LogP contribution in [0.1, 0.15) is 0 Å². The zero-order valence-corrected chi connectivity index (χ0v) is 10.9. The summed E-state index contributed by atoms with van der Waals surface area (Å²) in [5, 5.41) is 42.2. The second-order valence-corrected chi connectivity index (χ2v) is 4.05. The number of nitro benzene ring substituents is 3. The second-order valence-electron chi connectivity index (χ2n) is 4.05. The smallest absolute Gasteiger partial charge is 0.421 e. The van der Waals surface area contributed by atoms with Gasteiger partial charge in [-0.3, -0.25) is 30.3 Å². The van der Waals surface area contributed by atoms with Crippen molar-refractivity contribution in [3.8, 4) is 5.75 Å². The van der Waals surface area contributed by atoms with E-state index < -0.39 is 37.6 Å². The molecule has 0 bridgehead atoms. The van der Waals surface area contributed by atoms with E-state index in [1.807, 2.05) is 0 Å². The molecule has 1 rings (SSSR count). The minimum Gasteiger partial charge on any atom is -0.868 e. The van der Waals surface area contributed by atoms with Gasteiger partial charge in [0.25, 0.3) is 0 Å². The molecule has 0 aromatic heterocycles. The number of benzene rings is 1. The average molecular weight is 288 g/mol. The largest absolute Gasteiger partial charge is 0.868 e. The van der Waals surface area contributed by atoms with Gasteiger partial charge in [0, 0.05) is 6.07 Å². The third-order valence-corrected chi connectivity index (χ3v) is 1.65. The van der Waals surface area contributed by atoms with Gasteiger partial charge < -0.3 is 10.0 Å². The Labute approximate surface area is 112 Å². The summed E-state index contributed by atoms with van der Waals surface area (Å²) >= 11 is 0. The van der Waals surface area contributed by atoms with Crippen molar-refractivity contribution in [2.24, 2.45) is 0 Å². The van der Waals surface area contributed by atoms with E-state index in [2.05, 4.69) is 21.1 Å². The van der Waals surface area contributed by atoms with Crippen LogP contribution < -0.4 is 10.0 Å². The van der Waals surface area contributed by atoms with Crippen molar-refractivity contribution in [3.05, 3.63) is 42.5 Å². The van der Waals surface area contributed by atoms with E-state index >= 15 is 0 Å². The number of nitro groups is 3. The molecule has 0 atom stereocenters. The van der Waals surface area contributed by atoms with Gasteiger partial charge in [-0.05, 0) is 5.75 Å². The first-order valence-electron chi connectivity index (χ1n) is 5.13.